The molecule has 1 N–H and O–H groups in total. The first-order valence-electron chi connectivity index (χ1n) is 8.43. The second kappa shape index (κ2) is 6.84. The maximum Gasteiger partial charge on any atom is 0.222 e. The van der Waals surface area contributed by atoms with Crippen molar-refractivity contribution in [3.63, 3.8) is 0 Å². The van der Waals surface area contributed by atoms with Gasteiger partial charge in [-0.15, -0.1) is 6.58 Å². The SMILES string of the molecule is C=CCN1CC[C@]2(CCC1=O)CN(Cc1ncc[nH]1)CCN2C. The molecule has 6 nitrogen and oxygen atoms in total. The summed E-state index contributed by atoms with van der Waals surface area (Å²) in [5.41, 5.74) is 0.0937. The normalized spacial score (nSPS) is 27.3. The molecule has 0 aliphatic carbocycles. The number of aromatic amines is 1. The van der Waals surface area contributed by atoms with Gasteiger partial charge in [-0.25, -0.2) is 4.98 Å². The smallest absolute Gasteiger partial charge is 0.222 e. The van der Waals surface area contributed by atoms with E-state index in [9.17, 15) is 4.79 Å². The number of amides is 1. The van der Waals surface area contributed by atoms with Crippen molar-refractivity contribution >= 4 is 5.91 Å². The Morgan fingerprint density at radius 2 is 2.26 bits per heavy atom. The van der Waals surface area contributed by atoms with E-state index in [4.69, 9.17) is 0 Å². The highest BCUT2D eigenvalue weighted by Gasteiger charge is 2.42. The Bertz CT molecular complexity index is 543. The molecule has 3 rings (SSSR count). The first-order chi connectivity index (χ1) is 11.1. The summed E-state index contributed by atoms with van der Waals surface area (Å²) < 4.78 is 0. The number of likely N-dealkylation sites (N-methyl/N-ethyl adjacent to an activating group) is 1. The van der Waals surface area contributed by atoms with E-state index in [0.717, 1.165) is 51.4 Å². The predicted octanol–water partition coefficient (Wildman–Crippen LogP) is 1.09. The monoisotopic (exact) mass is 317 g/mol. The van der Waals surface area contributed by atoms with Gasteiger partial charge in [-0.1, -0.05) is 6.08 Å². The molecule has 2 aliphatic heterocycles. The zero-order chi connectivity index (χ0) is 16.3. The molecule has 23 heavy (non-hydrogen) atoms. The van der Waals surface area contributed by atoms with Crippen LogP contribution in [-0.2, 0) is 11.3 Å². The molecular formula is C17H27N5O. The lowest BCUT2D eigenvalue weighted by Crippen LogP contribution is -2.60. The highest BCUT2D eigenvalue weighted by Crippen LogP contribution is 2.32. The van der Waals surface area contributed by atoms with E-state index in [1.54, 1.807) is 6.20 Å². The van der Waals surface area contributed by atoms with Crippen molar-refractivity contribution in [3.05, 3.63) is 30.9 Å². The molecule has 2 saturated heterocycles. The number of carbonyl (C=O) groups excluding carboxylic acids is 1. The van der Waals surface area contributed by atoms with Crippen LogP contribution in [0.1, 0.15) is 25.1 Å². The van der Waals surface area contributed by atoms with E-state index >= 15 is 0 Å². The van der Waals surface area contributed by atoms with Crippen molar-refractivity contribution in [2.24, 2.45) is 0 Å². The topological polar surface area (TPSA) is 55.5 Å². The summed E-state index contributed by atoms with van der Waals surface area (Å²) in [5, 5.41) is 0. The lowest BCUT2D eigenvalue weighted by molar-refractivity contribution is -0.130. The number of hydrogen-bond acceptors (Lipinski definition) is 4. The van der Waals surface area contributed by atoms with Crippen LogP contribution in [0, 0.1) is 0 Å². The molecule has 2 aliphatic rings. The summed E-state index contributed by atoms with van der Waals surface area (Å²) in [7, 11) is 2.21. The molecule has 1 amide bonds. The maximum absolute atomic E-state index is 12.3. The summed E-state index contributed by atoms with van der Waals surface area (Å²) in [6.45, 7) is 9.19. The summed E-state index contributed by atoms with van der Waals surface area (Å²) in [6.07, 6.45) is 8.09. The Kier molecular flexibility index (Phi) is 4.82. The zero-order valence-electron chi connectivity index (χ0n) is 14.0. The second-order valence-corrected chi connectivity index (χ2v) is 6.77. The van der Waals surface area contributed by atoms with Gasteiger partial charge in [0.05, 0.1) is 6.54 Å². The van der Waals surface area contributed by atoms with Crippen LogP contribution < -0.4 is 0 Å². The number of imidazole rings is 1. The number of hydrogen-bond donors (Lipinski definition) is 1. The molecule has 1 spiro atoms. The number of piperazine rings is 1. The van der Waals surface area contributed by atoms with E-state index in [1.165, 1.54) is 0 Å². The first kappa shape index (κ1) is 16.2. The number of likely N-dealkylation sites (tertiary alicyclic amines) is 1. The lowest BCUT2D eigenvalue weighted by atomic mass is 9.86. The zero-order valence-corrected chi connectivity index (χ0v) is 14.0. The minimum Gasteiger partial charge on any atom is -0.348 e. The van der Waals surface area contributed by atoms with Gasteiger partial charge in [-0.2, -0.15) is 0 Å². The van der Waals surface area contributed by atoms with Gasteiger partial charge in [0.15, 0.2) is 0 Å². The Balaban J connectivity index is 1.70. The van der Waals surface area contributed by atoms with Crippen LogP contribution in [0.15, 0.2) is 25.0 Å². The molecule has 1 aromatic heterocycles. The van der Waals surface area contributed by atoms with Crippen LogP contribution in [0.25, 0.3) is 0 Å². The first-order valence-corrected chi connectivity index (χ1v) is 8.43. The van der Waals surface area contributed by atoms with Gasteiger partial charge >= 0.3 is 0 Å². The third-order valence-corrected chi connectivity index (χ3v) is 5.36. The van der Waals surface area contributed by atoms with Crippen LogP contribution in [0.2, 0.25) is 0 Å². The quantitative estimate of drug-likeness (QED) is 0.845. The second-order valence-electron chi connectivity index (χ2n) is 6.77. The molecule has 0 radical (unpaired) electrons. The highest BCUT2D eigenvalue weighted by atomic mass is 16.2. The molecule has 126 valence electrons. The standard InChI is InChI=1S/C17H27N5O/c1-3-9-22-10-6-17(5-4-16(22)23)14-21(12-11-20(17)2)13-15-18-7-8-19-15/h3,7-8H,1,4-6,9-14H2,2H3,(H,18,19)/t17-/m1/s1. The number of nitrogens with zero attached hydrogens (tertiary/aromatic N) is 4. The van der Waals surface area contributed by atoms with Crippen molar-refractivity contribution in [2.75, 3.05) is 39.8 Å². The molecule has 0 bridgehead atoms. The molecule has 2 fully saturated rings. The maximum atomic E-state index is 12.3. The molecule has 6 heteroatoms. The van der Waals surface area contributed by atoms with Gasteiger partial charge < -0.3 is 9.88 Å². The van der Waals surface area contributed by atoms with Crippen molar-refractivity contribution in [1.29, 1.82) is 0 Å². The number of aromatic nitrogens is 2. The van der Waals surface area contributed by atoms with Gasteiger partial charge in [0, 0.05) is 57.1 Å². The van der Waals surface area contributed by atoms with E-state index in [0.29, 0.717) is 13.0 Å². The predicted molar refractivity (Wildman–Crippen MR) is 89.9 cm³/mol. The number of carbonyl (C=O) groups is 1. The molecule has 1 atom stereocenters. The largest absolute Gasteiger partial charge is 0.348 e. The average Bonchev–Trinajstić information content (AvgIpc) is 3.00. The van der Waals surface area contributed by atoms with Crippen LogP contribution in [0.3, 0.4) is 0 Å². The molecule has 3 heterocycles. The number of nitrogens with one attached hydrogen (secondary N) is 1. The lowest BCUT2D eigenvalue weighted by Gasteiger charge is -2.49. The van der Waals surface area contributed by atoms with Crippen molar-refractivity contribution in [2.45, 2.75) is 31.3 Å². The minimum atomic E-state index is 0.0937. The Morgan fingerprint density at radius 3 is 3.00 bits per heavy atom. The third kappa shape index (κ3) is 3.48. The Morgan fingerprint density at radius 1 is 1.39 bits per heavy atom. The Labute approximate surface area is 138 Å². The molecule has 0 unspecified atom stereocenters. The summed E-state index contributed by atoms with van der Waals surface area (Å²) in [4.78, 5) is 26.7. The molecule has 0 saturated carbocycles. The van der Waals surface area contributed by atoms with E-state index < -0.39 is 0 Å². The molecule has 0 aromatic carbocycles. The summed E-state index contributed by atoms with van der Waals surface area (Å²) in [6, 6.07) is 0. The van der Waals surface area contributed by atoms with Crippen molar-refractivity contribution < 1.29 is 4.79 Å². The average molecular weight is 317 g/mol. The van der Waals surface area contributed by atoms with Gasteiger partial charge in [0.1, 0.15) is 5.82 Å². The van der Waals surface area contributed by atoms with Crippen LogP contribution in [0.5, 0.6) is 0 Å². The van der Waals surface area contributed by atoms with E-state index in [1.807, 2.05) is 17.2 Å². The number of H-pyrrole nitrogens is 1. The minimum absolute atomic E-state index is 0.0937. The van der Waals surface area contributed by atoms with Crippen LogP contribution in [-0.4, -0.2) is 75.9 Å². The highest BCUT2D eigenvalue weighted by molar-refractivity contribution is 5.76. The fourth-order valence-corrected chi connectivity index (χ4v) is 3.86. The molecule has 1 aromatic rings. The number of rotatable bonds is 4. The van der Waals surface area contributed by atoms with Crippen LogP contribution in [0.4, 0.5) is 0 Å². The third-order valence-electron chi connectivity index (χ3n) is 5.36. The summed E-state index contributed by atoms with van der Waals surface area (Å²) in [5.74, 6) is 1.28. The van der Waals surface area contributed by atoms with Crippen molar-refractivity contribution in [1.82, 2.24) is 24.7 Å². The fraction of sp³-hybridized carbons (Fsp3) is 0.647. The van der Waals surface area contributed by atoms with Gasteiger partial charge in [-0.05, 0) is 19.9 Å². The van der Waals surface area contributed by atoms with Gasteiger partial charge in [-0.3, -0.25) is 14.6 Å². The van der Waals surface area contributed by atoms with Crippen molar-refractivity contribution in [3.8, 4) is 0 Å². The Hall–Kier alpha value is -1.66. The van der Waals surface area contributed by atoms with Gasteiger partial charge in [0.25, 0.3) is 0 Å². The van der Waals surface area contributed by atoms with E-state index in [2.05, 4.69) is 33.4 Å². The van der Waals surface area contributed by atoms with E-state index in [-0.39, 0.29) is 11.4 Å². The molecular weight excluding hydrogens is 290 g/mol. The fourth-order valence-electron chi connectivity index (χ4n) is 3.86. The van der Waals surface area contributed by atoms with Crippen LogP contribution >= 0.6 is 0 Å². The summed E-state index contributed by atoms with van der Waals surface area (Å²) >= 11 is 0. The van der Waals surface area contributed by atoms with Gasteiger partial charge in [0.2, 0.25) is 5.91 Å².